The number of hydrogen-bond donors (Lipinski definition) is 5. The van der Waals surface area contributed by atoms with Crippen LogP contribution in [-0.2, 0) is 46.5 Å². The SMILES string of the molecule is Cc1ccc(NC(=O)c2ccc(CN3CCN(C(=O)CCCCCOCCOCCOCCCCCC(=O)N[C@H](C(=O)N4C[C@H](O)C[C@H]4C(=O)NCc4ccc(-c5scnc5C)cc4)C(C)(C)C)CC3)cc2)cc1Nc1nccc(-c2cccnc2)n1. The number of ether oxygens (including phenoxy) is 3. The van der Waals surface area contributed by atoms with E-state index in [0.717, 1.165) is 102 Å². The van der Waals surface area contributed by atoms with Gasteiger partial charge in [-0.3, -0.25) is 33.9 Å². The lowest BCUT2D eigenvalue weighted by Crippen LogP contribution is -2.57. The second kappa shape index (κ2) is 33.0. The van der Waals surface area contributed by atoms with Gasteiger partial charge in [-0.25, -0.2) is 15.0 Å². The molecule has 2 aliphatic rings. The first-order chi connectivity index (χ1) is 42.1. The minimum atomic E-state index is -0.876. The highest BCUT2D eigenvalue weighted by molar-refractivity contribution is 7.13. The first-order valence-electron chi connectivity index (χ1n) is 30.4. The summed E-state index contributed by atoms with van der Waals surface area (Å²) in [5.74, 6) is -0.533. The Hall–Kier alpha value is -7.53. The zero-order valence-corrected chi connectivity index (χ0v) is 51.7. The molecule has 5 amide bonds. The topological polar surface area (TPSA) is 243 Å². The summed E-state index contributed by atoms with van der Waals surface area (Å²) >= 11 is 1.58. The Morgan fingerprint density at radius 2 is 1.44 bits per heavy atom. The van der Waals surface area contributed by atoms with Crippen LogP contribution in [0.5, 0.6) is 0 Å². The van der Waals surface area contributed by atoms with E-state index < -0.39 is 23.6 Å². The number of aliphatic hydroxyl groups excluding tert-OH is 1. The number of carbonyl (C=O) groups excluding carboxylic acids is 5. The molecule has 2 fully saturated rings. The number of piperazine rings is 1. The van der Waals surface area contributed by atoms with Gasteiger partial charge in [0.05, 0.1) is 54.3 Å². The first-order valence-corrected chi connectivity index (χ1v) is 31.3. The monoisotopic (exact) mass is 1210 g/mol. The number of likely N-dealkylation sites (tertiary alicyclic amines) is 1. The maximum absolute atomic E-state index is 14.0. The normalized spacial score (nSPS) is 15.7. The highest BCUT2D eigenvalue weighted by atomic mass is 32.1. The van der Waals surface area contributed by atoms with Gasteiger partial charge in [-0.2, -0.15) is 0 Å². The number of nitrogens with zero attached hydrogens (tertiary/aromatic N) is 7. The fourth-order valence-corrected chi connectivity index (χ4v) is 11.3. The predicted molar refractivity (Wildman–Crippen MR) is 337 cm³/mol. The standard InChI is InChI=1S/C66H85N11O9S/c1-46-16-25-53(39-56(46)73-65-68-28-26-55(72-65)52-13-12-27-67-42-52)71-62(81)51-23-19-49(20-24-51)43-75-29-31-76(32-30-75)59(80)15-9-7-11-34-85-36-38-86-37-35-84-33-10-6-8-14-58(79)74-61(66(3,4)5)64(83)77-44-54(78)40-57(77)63(82)69-41-48-17-21-50(22-18-48)60-47(2)70-45-87-60/h12-13,16-28,39,42,45,54,57,61,78H,6-11,14-15,29-38,40-41,43-44H2,1-5H3,(H,69,82)(H,71,81)(H,74,79)(H,68,72,73)/t54-,57+,61-/m1/s1. The minimum Gasteiger partial charge on any atom is -0.391 e. The molecule has 2 aliphatic heterocycles. The number of β-amino-alcohol motifs (C(OH)–C–C–N with tert-alkyl or cyclic N) is 1. The molecular formula is C66H85N11O9S. The van der Waals surface area contributed by atoms with Crippen molar-refractivity contribution in [1.29, 1.82) is 0 Å². The number of nitrogens with one attached hydrogen (secondary N) is 4. The summed E-state index contributed by atoms with van der Waals surface area (Å²) in [7, 11) is 0. The van der Waals surface area contributed by atoms with E-state index in [9.17, 15) is 29.1 Å². The quantitative estimate of drug-likeness (QED) is 0.0255. The molecule has 0 aliphatic carbocycles. The molecule has 8 rings (SSSR count). The van der Waals surface area contributed by atoms with Crippen molar-refractivity contribution in [3.8, 4) is 21.7 Å². The van der Waals surface area contributed by atoms with E-state index in [1.54, 1.807) is 29.9 Å². The van der Waals surface area contributed by atoms with Crippen molar-refractivity contribution in [3.63, 3.8) is 0 Å². The van der Waals surface area contributed by atoms with Crippen molar-refractivity contribution in [2.75, 3.05) is 83.0 Å². The molecule has 0 unspecified atom stereocenters. The highest BCUT2D eigenvalue weighted by Crippen LogP contribution is 2.30. The van der Waals surface area contributed by atoms with Gasteiger partial charge in [-0.1, -0.05) is 76.1 Å². The minimum absolute atomic E-state index is 0.0176. The summed E-state index contributed by atoms with van der Waals surface area (Å²) in [5.41, 5.74) is 9.82. The van der Waals surface area contributed by atoms with Gasteiger partial charge in [-0.15, -0.1) is 11.3 Å². The number of rotatable bonds is 31. The lowest BCUT2D eigenvalue weighted by Gasteiger charge is -2.35. The number of anilines is 3. The summed E-state index contributed by atoms with van der Waals surface area (Å²) in [6.07, 6.45) is 10.0. The molecule has 3 aromatic heterocycles. The van der Waals surface area contributed by atoms with Crippen molar-refractivity contribution in [1.82, 2.24) is 45.3 Å². The third kappa shape index (κ3) is 20.3. The summed E-state index contributed by atoms with van der Waals surface area (Å²) < 4.78 is 17.2. The highest BCUT2D eigenvalue weighted by Gasteiger charge is 2.44. The molecule has 5 heterocycles. The Labute approximate surface area is 515 Å². The van der Waals surface area contributed by atoms with Crippen molar-refractivity contribution >= 4 is 58.2 Å². The fraction of sp³-hybridized carbons (Fsp3) is 0.470. The summed E-state index contributed by atoms with van der Waals surface area (Å²) in [4.78, 5) is 91.3. The Morgan fingerprint density at radius 1 is 0.747 bits per heavy atom. The second-order valence-corrected chi connectivity index (χ2v) is 24.2. The van der Waals surface area contributed by atoms with Gasteiger partial charge in [0.25, 0.3) is 5.91 Å². The lowest BCUT2D eigenvalue weighted by molar-refractivity contribution is -0.144. The van der Waals surface area contributed by atoms with Crippen molar-refractivity contribution in [2.45, 2.75) is 124 Å². The maximum Gasteiger partial charge on any atom is 0.255 e. The molecule has 21 heteroatoms. The molecule has 2 saturated heterocycles. The molecule has 0 saturated carbocycles. The van der Waals surface area contributed by atoms with Gasteiger partial charge in [0.15, 0.2) is 0 Å². The van der Waals surface area contributed by atoms with Gasteiger partial charge in [0, 0.05) is 119 Å². The first kappa shape index (κ1) is 65.4. The Bertz CT molecular complexity index is 3170. The number of benzene rings is 3. The second-order valence-electron chi connectivity index (χ2n) is 23.4. The van der Waals surface area contributed by atoms with Crippen LogP contribution in [0.4, 0.5) is 17.3 Å². The predicted octanol–water partition coefficient (Wildman–Crippen LogP) is 8.90. The molecule has 6 aromatic rings. The zero-order chi connectivity index (χ0) is 61.5. The third-order valence-electron chi connectivity index (χ3n) is 15.5. The van der Waals surface area contributed by atoms with Crippen LogP contribution in [0.15, 0.2) is 109 Å². The van der Waals surface area contributed by atoms with Crippen LogP contribution in [0, 0.1) is 19.3 Å². The van der Waals surface area contributed by atoms with Gasteiger partial charge in [0.1, 0.15) is 12.1 Å². The van der Waals surface area contributed by atoms with E-state index in [0.29, 0.717) is 82.8 Å². The molecule has 20 nitrogen and oxygen atoms in total. The van der Waals surface area contributed by atoms with Crippen LogP contribution in [0.3, 0.4) is 0 Å². The summed E-state index contributed by atoms with van der Waals surface area (Å²) in [6.45, 7) is 16.6. The van der Waals surface area contributed by atoms with Crippen LogP contribution < -0.4 is 21.3 Å². The van der Waals surface area contributed by atoms with Crippen molar-refractivity contribution < 1.29 is 43.3 Å². The summed E-state index contributed by atoms with van der Waals surface area (Å²) in [6, 6.07) is 25.2. The Kier molecular flexibility index (Phi) is 24.8. The molecule has 5 N–H and O–H groups in total. The number of unbranched alkanes of at least 4 members (excludes halogenated alkanes) is 4. The Morgan fingerprint density at radius 3 is 2.10 bits per heavy atom. The molecule has 0 spiro atoms. The number of pyridine rings is 1. The van der Waals surface area contributed by atoms with E-state index in [4.69, 9.17) is 14.2 Å². The zero-order valence-electron chi connectivity index (χ0n) is 50.9. The van der Waals surface area contributed by atoms with Gasteiger partial charge in [0.2, 0.25) is 29.6 Å². The van der Waals surface area contributed by atoms with Crippen LogP contribution in [0.25, 0.3) is 21.7 Å². The molecular weight excluding hydrogens is 1120 g/mol. The molecule has 0 radical (unpaired) electrons. The van der Waals surface area contributed by atoms with E-state index in [1.165, 1.54) is 4.90 Å². The van der Waals surface area contributed by atoms with Gasteiger partial charge < -0.3 is 50.4 Å². The van der Waals surface area contributed by atoms with E-state index in [1.807, 2.05) is 130 Å². The van der Waals surface area contributed by atoms with Gasteiger partial charge >= 0.3 is 0 Å². The van der Waals surface area contributed by atoms with Crippen LogP contribution in [-0.4, -0.2) is 160 Å². The average Bonchev–Trinajstić information content (AvgIpc) is 3.36. The maximum atomic E-state index is 14.0. The number of aryl methyl sites for hydroxylation is 2. The fourth-order valence-electron chi connectivity index (χ4n) is 10.5. The van der Waals surface area contributed by atoms with E-state index in [2.05, 4.69) is 46.1 Å². The van der Waals surface area contributed by atoms with E-state index in [-0.39, 0.29) is 55.5 Å². The number of aromatic nitrogens is 4. The molecule has 0 bridgehead atoms. The van der Waals surface area contributed by atoms with Crippen LogP contribution >= 0.6 is 11.3 Å². The largest absolute Gasteiger partial charge is 0.391 e. The van der Waals surface area contributed by atoms with Crippen molar-refractivity contribution in [2.24, 2.45) is 5.41 Å². The van der Waals surface area contributed by atoms with Crippen molar-refractivity contribution in [3.05, 3.63) is 137 Å². The number of amides is 5. The number of hydrogen-bond acceptors (Lipinski definition) is 16. The van der Waals surface area contributed by atoms with Crippen LogP contribution in [0.2, 0.25) is 0 Å². The number of carbonyl (C=O) groups is 5. The number of aliphatic hydroxyl groups is 1. The number of thiazole rings is 1. The van der Waals surface area contributed by atoms with Crippen LogP contribution in [0.1, 0.15) is 111 Å². The average molecular weight is 1210 g/mol. The molecule has 464 valence electrons. The molecule has 87 heavy (non-hydrogen) atoms. The van der Waals surface area contributed by atoms with E-state index >= 15 is 0 Å². The Balaban J connectivity index is 0.604. The smallest absolute Gasteiger partial charge is 0.255 e. The van der Waals surface area contributed by atoms with Gasteiger partial charge in [-0.05, 0) is 110 Å². The molecule has 3 atom stereocenters. The lowest BCUT2D eigenvalue weighted by atomic mass is 9.85. The summed E-state index contributed by atoms with van der Waals surface area (Å²) in [5, 5.41) is 22.8. The third-order valence-corrected chi connectivity index (χ3v) is 16.5. The molecule has 3 aromatic carbocycles.